The molecule has 6 nitrogen and oxygen atoms in total. The molecule has 6 heteroatoms. The summed E-state index contributed by atoms with van der Waals surface area (Å²) in [6, 6.07) is 11.9. The molecule has 0 radical (unpaired) electrons. The summed E-state index contributed by atoms with van der Waals surface area (Å²) in [4.78, 5) is 4.52. The SMILES string of the molecule is COc1cccc(-c2nccn2-c2ccc3cn[nH]c3c2)c1OC. The number of hydrogen-bond donors (Lipinski definition) is 1. The van der Waals surface area contributed by atoms with Gasteiger partial charge in [0.2, 0.25) is 0 Å². The molecule has 0 atom stereocenters. The number of nitrogens with zero attached hydrogens (tertiary/aromatic N) is 3. The van der Waals surface area contributed by atoms with Crippen molar-refractivity contribution in [2.45, 2.75) is 0 Å². The molecule has 0 bridgehead atoms. The second-order valence-corrected chi connectivity index (χ2v) is 5.30. The van der Waals surface area contributed by atoms with Crippen molar-refractivity contribution in [1.82, 2.24) is 19.7 Å². The number of para-hydroxylation sites is 1. The summed E-state index contributed by atoms with van der Waals surface area (Å²) in [5.74, 6) is 2.12. The molecule has 2 aromatic carbocycles. The van der Waals surface area contributed by atoms with Gasteiger partial charge in [0.15, 0.2) is 11.5 Å². The molecule has 0 saturated heterocycles. The van der Waals surface area contributed by atoms with E-state index >= 15 is 0 Å². The van der Waals surface area contributed by atoms with Crippen LogP contribution in [0.5, 0.6) is 11.5 Å². The molecule has 2 aromatic heterocycles. The van der Waals surface area contributed by atoms with Gasteiger partial charge in [-0.3, -0.25) is 9.67 Å². The second kappa shape index (κ2) is 5.73. The topological polar surface area (TPSA) is 65.0 Å². The lowest BCUT2D eigenvalue weighted by Gasteiger charge is -2.14. The van der Waals surface area contributed by atoms with Gasteiger partial charge in [-0.15, -0.1) is 0 Å². The minimum atomic E-state index is 0.662. The Labute approximate surface area is 138 Å². The Balaban J connectivity index is 1.89. The molecular weight excluding hydrogens is 304 g/mol. The standard InChI is InChI=1S/C18H16N4O2/c1-23-16-5-3-4-14(17(16)24-2)18-19-8-9-22(18)13-7-6-12-11-20-21-15(12)10-13/h3-11H,1-2H3,(H,20,21). The number of methoxy groups -OCH3 is 2. The van der Waals surface area contributed by atoms with Gasteiger partial charge in [0.1, 0.15) is 5.82 Å². The number of rotatable bonds is 4. The Hall–Kier alpha value is -3.28. The van der Waals surface area contributed by atoms with Gasteiger partial charge in [-0.2, -0.15) is 5.10 Å². The van der Waals surface area contributed by atoms with Crippen LogP contribution in [0, 0.1) is 0 Å². The fourth-order valence-electron chi connectivity index (χ4n) is 2.85. The first-order valence-corrected chi connectivity index (χ1v) is 7.50. The number of hydrogen-bond acceptors (Lipinski definition) is 4. The van der Waals surface area contributed by atoms with Crippen LogP contribution in [0.2, 0.25) is 0 Å². The van der Waals surface area contributed by atoms with Crippen LogP contribution < -0.4 is 9.47 Å². The minimum Gasteiger partial charge on any atom is -0.493 e. The van der Waals surface area contributed by atoms with Crippen LogP contribution in [-0.2, 0) is 0 Å². The monoisotopic (exact) mass is 320 g/mol. The first-order valence-electron chi connectivity index (χ1n) is 7.50. The summed E-state index contributed by atoms with van der Waals surface area (Å²) in [5, 5.41) is 8.13. The molecule has 0 spiro atoms. The normalized spacial score (nSPS) is 10.9. The van der Waals surface area contributed by atoms with Crippen molar-refractivity contribution in [3.8, 4) is 28.6 Å². The Bertz CT molecular complexity index is 1000. The van der Waals surface area contributed by atoms with Crippen molar-refractivity contribution in [2.24, 2.45) is 0 Å². The highest BCUT2D eigenvalue weighted by Crippen LogP contribution is 2.37. The van der Waals surface area contributed by atoms with Crippen molar-refractivity contribution >= 4 is 10.9 Å². The number of fused-ring (bicyclic) bond motifs is 1. The van der Waals surface area contributed by atoms with E-state index in [-0.39, 0.29) is 0 Å². The Morgan fingerprint density at radius 1 is 1.08 bits per heavy atom. The first kappa shape index (κ1) is 14.3. The van der Waals surface area contributed by atoms with Crippen molar-refractivity contribution in [3.63, 3.8) is 0 Å². The maximum absolute atomic E-state index is 5.55. The first-order chi connectivity index (χ1) is 11.8. The predicted molar refractivity (Wildman–Crippen MR) is 91.8 cm³/mol. The Kier molecular flexibility index (Phi) is 3.42. The van der Waals surface area contributed by atoms with Crippen LogP contribution in [0.1, 0.15) is 0 Å². The highest BCUT2D eigenvalue weighted by atomic mass is 16.5. The quantitative estimate of drug-likeness (QED) is 0.625. The molecule has 4 aromatic rings. The van der Waals surface area contributed by atoms with E-state index in [4.69, 9.17) is 9.47 Å². The lowest BCUT2D eigenvalue weighted by Crippen LogP contribution is -1.99. The molecule has 120 valence electrons. The zero-order chi connectivity index (χ0) is 16.5. The van der Waals surface area contributed by atoms with Crippen LogP contribution in [0.25, 0.3) is 28.0 Å². The summed E-state index contributed by atoms with van der Waals surface area (Å²) in [7, 11) is 3.26. The van der Waals surface area contributed by atoms with Gasteiger partial charge in [0.05, 0.1) is 31.5 Å². The number of aromatic amines is 1. The molecule has 4 rings (SSSR count). The van der Waals surface area contributed by atoms with Crippen LogP contribution in [0.4, 0.5) is 0 Å². The minimum absolute atomic E-state index is 0.662. The summed E-state index contributed by atoms with van der Waals surface area (Å²) in [5.41, 5.74) is 2.83. The zero-order valence-corrected chi connectivity index (χ0v) is 13.4. The van der Waals surface area contributed by atoms with Gasteiger partial charge in [0, 0.05) is 23.5 Å². The van der Waals surface area contributed by atoms with E-state index in [2.05, 4.69) is 15.2 Å². The van der Waals surface area contributed by atoms with Gasteiger partial charge in [-0.25, -0.2) is 4.98 Å². The van der Waals surface area contributed by atoms with E-state index in [9.17, 15) is 0 Å². The highest BCUT2D eigenvalue weighted by Gasteiger charge is 2.16. The third kappa shape index (κ3) is 2.20. The van der Waals surface area contributed by atoms with Gasteiger partial charge in [-0.05, 0) is 30.3 Å². The van der Waals surface area contributed by atoms with Crippen molar-refractivity contribution < 1.29 is 9.47 Å². The van der Waals surface area contributed by atoms with E-state index < -0.39 is 0 Å². The molecule has 0 unspecified atom stereocenters. The largest absolute Gasteiger partial charge is 0.493 e. The van der Waals surface area contributed by atoms with E-state index in [0.717, 1.165) is 28.0 Å². The van der Waals surface area contributed by atoms with E-state index in [0.29, 0.717) is 11.5 Å². The summed E-state index contributed by atoms with van der Waals surface area (Å²) in [6.45, 7) is 0. The molecule has 24 heavy (non-hydrogen) atoms. The molecule has 0 amide bonds. The molecule has 0 aliphatic carbocycles. The molecule has 1 N–H and O–H groups in total. The maximum atomic E-state index is 5.55. The fourth-order valence-corrected chi connectivity index (χ4v) is 2.85. The van der Waals surface area contributed by atoms with Gasteiger partial charge < -0.3 is 9.47 Å². The van der Waals surface area contributed by atoms with Gasteiger partial charge >= 0.3 is 0 Å². The fraction of sp³-hybridized carbons (Fsp3) is 0.111. The van der Waals surface area contributed by atoms with Crippen LogP contribution in [-0.4, -0.2) is 34.0 Å². The average Bonchev–Trinajstić information content (AvgIpc) is 3.29. The number of benzene rings is 2. The maximum Gasteiger partial charge on any atom is 0.171 e. The van der Waals surface area contributed by atoms with Crippen molar-refractivity contribution in [1.29, 1.82) is 0 Å². The highest BCUT2D eigenvalue weighted by molar-refractivity contribution is 5.80. The number of aromatic nitrogens is 4. The third-order valence-corrected chi connectivity index (χ3v) is 3.99. The van der Waals surface area contributed by atoms with E-state index in [1.165, 1.54) is 0 Å². The Morgan fingerprint density at radius 3 is 2.83 bits per heavy atom. The molecule has 0 aliphatic rings. The van der Waals surface area contributed by atoms with Crippen molar-refractivity contribution in [3.05, 3.63) is 55.0 Å². The zero-order valence-electron chi connectivity index (χ0n) is 13.4. The van der Waals surface area contributed by atoms with Crippen LogP contribution in [0.3, 0.4) is 0 Å². The summed E-state index contributed by atoms with van der Waals surface area (Å²) < 4.78 is 12.9. The smallest absolute Gasteiger partial charge is 0.171 e. The Morgan fingerprint density at radius 2 is 2.00 bits per heavy atom. The van der Waals surface area contributed by atoms with Gasteiger partial charge in [-0.1, -0.05) is 6.07 Å². The van der Waals surface area contributed by atoms with Crippen molar-refractivity contribution in [2.75, 3.05) is 14.2 Å². The van der Waals surface area contributed by atoms with Crippen LogP contribution in [0.15, 0.2) is 55.0 Å². The van der Waals surface area contributed by atoms with Gasteiger partial charge in [0.25, 0.3) is 0 Å². The average molecular weight is 320 g/mol. The number of H-pyrrole nitrogens is 1. The van der Waals surface area contributed by atoms with E-state index in [1.54, 1.807) is 26.6 Å². The third-order valence-electron chi connectivity index (χ3n) is 3.99. The molecule has 0 saturated carbocycles. The summed E-state index contributed by atoms with van der Waals surface area (Å²) >= 11 is 0. The number of ether oxygens (including phenoxy) is 2. The molecule has 0 aliphatic heterocycles. The predicted octanol–water partition coefficient (Wildman–Crippen LogP) is 3.43. The summed E-state index contributed by atoms with van der Waals surface area (Å²) in [6.07, 6.45) is 5.50. The lowest BCUT2D eigenvalue weighted by atomic mass is 10.1. The molecule has 2 heterocycles. The molecule has 0 fully saturated rings. The van der Waals surface area contributed by atoms with E-state index in [1.807, 2.05) is 47.2 Å². The lowest BCUT2D eigenvalue weighted by molar-refractivity contribution is 0.356. The number of nitrogens with one attached hydrogen (secondary N) is 1. The van der Waals surface area contributed by atoms with Crippen LogP contribution >= 0.6 is 0 Å². The molecular formula is C18H16N4O2. The number of imidazole rings is 1. The second-order valence-electron chi connectivity index (χ2n) is 5.30.